The van der Waals surface area contributed by atoms with E-state index in [-0.39, 0.29) is 0 Å². The number of para-hydroxylation sites is 1. The number of halogens is 1. The molecule has 0 radical (unpaired) electrons. The van der Waals surface area contributed by atoms with E-state index >= 15 is 0 Å². The number of rotatable bonds is 3. The van der Waals surface area contributed by atoms with Crippen molar-refractivity contribution in [2.45, 2.75) is 0 Å². The van der Waals surface area contributed by atoms with Crippen LogP contribution in [0.5, 0.6) is 10.8 Å². The molecular formula is C15H11ClN2OS. The summed E-state index contributed by atoms with van der Waals surface area (Å²) in [5.41, 5.74) is 7.40. The number of nitrogens with two attached hydrogens (primary N) is 1. The van der Waals surface area contributed by atoms with E-state index in [0.29, 0.717) is 20.9 Å². The van der Waals surface area contributed by atoms with Crippen molar-refractivity contribution in [3.05, 3.63) is 59.6 Å². The Morgan fingerprint density at radius 2 is 1.85 bits per heavy atom. The first-order valence-corrected chi connectivity index (χ1v) is 7.17. The molecule has 3 nitrogen and oxygen atoms in total. The molecule has 100 valence electrons. The normalized spacial score (nSPS) is 10.4. The van der Waals surface area contributed by atoms with Gasteiger partial charge in [-0.15, -0.1) is 0 Å². The molecule has 0 unspecified atom stereocenters. The Labute approximate surface area is 125 Å². The number of hydrogen-bond acceptors (Lipinski definition) is 4. The molecule has 5 heteroatoms. The number of thiazole rings is 1. The van der Waals surface area contributed by atoms with Crippen LogP contribution in [0.2, 0.25) is 5.02 Å². The van der Waals surface area contributed by atoms with E-state index in [1.165, 1.54) is 11.3 Å². The van der Waals surface area contributed by atoms with Gasteiger partial charge in [0.2, 0.25) is 5.06 Å². The number of ether oxygens (including phenoxy) is 1. The van der Waals surface area contributed by atoms with Gasteiger partial charge in [-0.25, -0.2) is 4.98 Å². The topological polar surface area (TPSA) is 48.1 Å². The first-order chi connectivity index (χ1) is 9.72. The lowest BCUT2D eigenvalue weighted by atomic mass is 10.2. The van der Waals surface area contributed by atoms with Crippen LogP contribution in [0.15, 0.2) is 54.6 Å². The summed E-state index contributed by atoms with van der Waals surface area (Å²) in [5, 5.41) is 1.78. The quantitative estimate of drug-likeness (QED) is 0.753. The van der Waals surface area contributed by atoms with Crippen LogP contribution in [0.4, 0.5) is 5.13 Å². The fourth-order valence-electron chi connectivity index (χ4n) is 1.80. The fourth-order valence-corrected chi connectivity index (χ4v) is 2.72. The maximum Gasteiger partial charge on any atom is 0.210 e. The van der Waals surface area contributed by atoms with Gasteiger partial charge in [0.1, 0.15) is 11.4 Å². The van der Waals surface area contributed by atoms with Crippen molar-refractivity contribution >= 4 is 28.1 Å². The summed E-state index contributed by atoms with van der Waals surface area (Å²) in [4.78, 5) is 4.33. The highest BCUT2D eigenvalue weighted by Gasteiger charge is 2.14. The van der Waals surface area contributed by atoms with Crippen molar-refractivity contribution in [2.24, 2.45) is 0 Å². The van der Waals surface area contributed by atoms with Gasteiger partial charge in [-0.1, -0.05) is 53.3 Å². The second kappa shape index (κ2) is 5.53. The third-order valence-corrected chi connectivity index (χ3v) is 3.66. The Morgan fingerprint density at radius 3 is 2.60 bits per heavy atom. The lowest BCUT2D eigenvalue weighted by Crippen LogP contribution is -1.86. The van der Waals surface area contributed by atoms with Gasteiger partial charge in [-0.2, -0.15) is 0 Å². The SMILES string of the molecule is Nc1nc(-c2cccc(Cl)c2)c(Oc2ccccc2)s1. The molecule has 3 aromatic rings. The molecule has 0 aliphatic rings. The van der Waals surface area contributed by atoms with E-state index in [4.69, 9.17) is 22.1 Å². The van der Waals surface area contributed by atoms with Crippen LogP contribution in [0, 0.1) is 0 Å². The van der Waals surface area contributed by atoms with Crippen LogP contribution in [-0.4, -0.2) is 4.98 Å². The molecule has 0 saturated heterocycles. The number of nitrogens with zero attached hydrogens (tertiary/aromatic N) is 1. The number of anilines is 1. The minimum absolute atomic E-state index is 0.464. The van der Waals surface area contributed by atoms with Crippen molar-refractivity contribution in [3.63, 3.8) is 0 Å². The van der Waals surface area contributed by atoms with E-state index in [9.17, 15) is 0 Å². The Bertz CT molecular complexity index is 728. The maximum atomic E-state index is 6.02. The summed E-state index contributed by atoms with van der Waals surface area (Å²) < 4.78 is 5.86. The van der Waals surface area contributed by atoms with E-state index in [0.717, 1.165) is 11.3 Å². The zero-order valence-corrected chi connectivity index (χ0v) is 12.0. The second-order valence-corrected chi connectivity index (χ2v) is 5.54. The van der Waals surface area contributed by atoms with E-state index in [1.807, 2.05) is 54.6 Å². The molecule has 0 aliphatic carbocycles. The molecule has 0 fully saturated rings. The molecule has 0 atom stereocenters. The average molecular weight is 303 g/mol. The van der Waals surface area contributed by atoms with Crippen molar-refractivity contribution in [3.8, 4) is 22.1 Å². The molecule has 20 heavy (non-hydrogen) atoms. The van der Waals surface area contributed by atoms with Crippen molar-refractivity contribution in [2.75, 3.05) is 5.73 Å². The summed E-state index contributed by atoms with van der Waals surface area (Å²) in [6.07, 6.45) is 0. The molecule has 3 rings (SSSR count). The highest BCUT2D eigenvalue weighted by Crippen LogP contribution is 2.39. The van der Waals surface area contributed by atoms with Crippen LogP contribution in [0.1, 0.15) is 0 Å². The molecule has 2 N–H and O–H groups in total. The zero-order chi connectivity index (χ0) is 13.9. The number of hydrogen-bond donors (Lipinski definition) is 1. The van der Waals surface area contributed by atoms with E-state index in [1.54, 1.807) is 0 Å². The predicted octanol–water partition coefficient (Wildman–Crippen LogP) is 4.84. The lowest BCUT2D eigenvalue weighted by molar-refractivity contribution is 0.497. The molecular weight excluding hydrogens is 292 g/mol. The highest BCUT2D eigenvalue weighted by atomic mass is 35.5. The predicted molar refractivity (Wildman–Crippen MR) is 83.5 cm³/mol. The Morgan fingerprint density at radius 1 is 1.05 bits per heavy atom. The van der Waals surface area contributed by atoms with E-state index < -0.39 is 0 Å². The molecule has 0 saturated carbocycles. The number of benzene rings is 2. The number of aromatic nitrogens is 1. The molecule has 1 aromatic heterocycles. The minimum atomic E-state index is 0.464. The Balaban J connectivity index is 2.00. The van der Waals surface area contributed by atoms with Gasteiger partial charge in [-0.05, 0) is 24.3 Å². The van der Waals surface area contributed by atoms with Crippen molar-refractivity contribution < 1.29 is 4.74 Å². The largest absolute Gasteiger partial charge is 0.444 e. The Hall–Kier alpha value is -2.04. The standard InChI is InChI=1S/C15H11ClN2OS/c16-11-6-4-5-10(9-11)13-14(20-15(17)18-13)19-12-7-2-1-3-8-12/h1-9H,(H2,17,18). The van der Waals surface area contributed by atoms with Gasteiger partial charge < -0.3 is 10.5 Å². The van der Waals surface area contributed by atoms with Crippen molar-refractivity contribution in [1.82, 2.24) is 4.98 Å². The third kappa shape index (κ3) is 2.76. The highest BCUT2D eigenvalue weighted by molar-refractivity contribution is 7.17. The summed E-state index contributed by atoms with van der Waals surface area (Å²) in [6, 6.07) is 17.0. The first-order valence-electron chi connectivity index (χ1n) is 5.97. The van der Waals surface area contributed by atoms with Crippen molar-refractivity contribution in [1.29, 1.82) is 0 Å². The van der Waals surface area contributed by atoms with E-state index in [2.05, 4.69) is 4.98 Å². The van der Waals surface area contributed by atoms with Gasteiger partial charge >= 0.3 is 0 Å². The number of nitrogen functional groups attached to an aromatic ring is 1. The third-order valence-electron chi connectivity index (χ3n) is 2.66. The van der Waals surface area contributed by atoms with Gasteiger partial charge in [0.25, 0.3) is 0 Å². The van der Waals surface area contributed by atoms with Gasteiger partial charge in [0, 0.05) is 10.6 Å². The molecule has 2 aromatic carbocycles. The monoisotopic (exact) mass is 302 g/mol. The van der Waals surface area contributed by atoms with Crippen LogP contribution in [-0.2, 0) is 0 Å². The van der Waals surface area contributed by atoms with Gasteiger partial charge in [0.15, 0.2) is 5.13 Å². The molecule has 1 heterocycles. The Kier molecular flexibility index (Phi) is 3.58. The summed E-state index contributed by atoms with van der Waals surface area (Å²) >= 11 is 7.33. The summed E-state index contributed by atoms with van der Waals surface area (Å²) in [7, 11) is 0. The van der Waals surface area contributed by atoms with Crippen LogP contribution in [0.25, 0.3) is 11.3 Å². The fraction of sp³-hybridized carbons (Fsp3) is 0. The van der Waals surface area contributed by atoms with Gasteiger partial charge in [0.05, 0.1) is 0 Å². The summed E-state index contributed by atoms with van der Waals surface area (Å²) in [6.45, 7) is 0. The van der Waals surface area contributed by atoms with Crippen LogP contribution in [0.3, 0.4) is 0 Å². The zero-order valence-electron chi connectivity index (χ0n) is 10.4. The smallest absolute Gasteiger partial charge is 0.210 e. The maximum absolute atomic E-state index is 6.02. The first kappa shape index (κ1) is 13.0. The van der Waals surface area contributed by atoms with Crippen LogP contribution >= 0.6 is 22.9 Å². The minimum Gasteiger partial charge on any atom is -0.444 e. The molecule has 0 bridgehead atoms. The summed E-state index contributed by atoms with van der Waals surface area (Å²) in [5.74, 6) is 0.749. The van der Waals surface area contributed by atoms with Crippen LogP contribution < -0.4 is 10.5 Å². The molecule has 0 amide bonds. The lowest BCUT2D eigenvalue weighted by Gasteiger charge is -2.05. The second-order valence-electron chi connectivity index (χ2n) is 4.11. The molecule has 0 spiro atoms. The molecule has 0 aliphatic heterocycles. The van der Waals surface area contributed by atoms with Gasteiger partial charge in [-0.3, -0.25) is 0 Å². The average Bonchev–Trinajstić information content (AvgIpc) is 2.81.